The van der Waals surface area contributed by atoms with E-state index in [2.05, 4.69) is 4.98 Å². The summed E-state index contributed by atoms with van der Waals surface area (Å²) in [6.45, 7) is 1.84. The molecule has 0 aliphatic carbocycles. The van der Waals surface area contributed by atoms with E-state index < -0.39 is 23.4 Å². The molecule has 0 bridgehead atoms. The van der Waals surface area contributed by atoms with Crippen molar-refractivity contribution in [3.8, 4) is 0 Å². The van der Waals surface area contributed by atoms with Crippen LogP contribution in [0, 0.1) is 24.4 Å². The Labute approximate surface area is 139 Å². The molecule has 1 heterocycles. The smallest absolute Gasteiger partial charge is 0.307 e. The molecule has 3 aromatic rings. The van der Waals surface area contributed by atoms with Crippen molar-refractivity contribution in [1.82, 2.24) is 4.98 Å². The molecule has 1 N–H and O–H groups in total. The number of fused-ring (bicyclic) bond motifs is 1. The van der Waals surface area contributed by atoms with Gasteiger partial charge in [0.1, 0.15) is 11.3 Å². The minimum absolute atomic E-state index is 0.0256. The number of carbonyl (C=O) groups is 1. The van der Waals surface area contributed by atoms with E-state index in [4.69, 9.17) is 5.11 Å². The first-order valence-corrected chi connectivity index (χ1v) is 7.89. The van der Waals surface area contributed by atoms with Crippen LogP contribution in [0.15, 0.2) is 24.3 Å². The van der Waals surface area contributed by atoms with E-state index in [1.165, 1.54) is 0 Å². The van der Waals surface area contributed by atoms with E-state index >= 15 is 0 Å². The zero-order valence-corrected chi connectivity index (χ0v) is 13.4. The van der Waals surface area contributed by atoms with Crippen LogP contribution in [-0.2, 0) is 17.6 Å². The molecule has 3 nitrogen and oxygen atoms in total. The molecule has 24 heavy (non-hydrogen) atoms. The maximum Gasteiger partial charge on any atom is 0.307 e. The molecule has 124 valence electrons. The number of hydrogen-bond donors (Lipinski definition) is 1. The highest BCUT2D eigenvalue weighted by Crippen LogP contribution is 2.30. The van der Waals surface area contributed by atoms with Crippen molar-refractivity contribution in [1.29, 1.82) is 0 Å². The lowest BCUT2D eigenvalue weighted by atomic mass is 10.0. The third kappa shape index (κ3) is 3.26. The third-order valence-corrected chi connectivity index (χ3v) is 4.53. The minimum atomic E-state index is -1.27. The molecule has 2 aromatic carbocycles. The van der Waals surface area contributed by atoms with Gasteiger partial charge in [0, 0.05) is 12.5 Å². The molecule has 0 spiro atoms. The number of hydrogen-bond acceptors (Lipinski definition) is 3. The molecule has 0 amide bonds. The number of nitrogens with zero attached hydrogens (tertiary/aromatic N) is 1. The van der Waals surface area contributed by atoms with E-state index in [9.17, 15) is 18.0 Å². The standard InChI is InChI=1S/C17H12F3NO2S/c1-8-2-9(4-10(3-8)6-14(22)23)5-13-21-16-15(20)11(18)7-12(19)17(16)24-13/h2-4,7H,5-6H2,1H3,(H,22,23). The topological polar surface area (TPSA) is 50.2 Å². The quantitative estimate of drug-likeness (QED) is 0.715. The van der Waals surface area contributed by atoms with E-state index in [1.807, 2.05) is 13.0 Å². The summed E-state index contributed by atoms with van der Waals surface area (Å²) < 4.78 is 40.7. The Hall–Kier alpha value is -2.41. The van der Waals surface area contributed by atoms with Crippen LogP contribution in [0.5, 0.6) is 0 Å². The number of carboxylic acids is 1. The highest BCUT2D eigenvalue weighted by molar-refractivity contribution is 7.18. The summed E-state index contributed by atoms with van der Waals surface area (Å²) in [6.07, 6.45) is 0.178. The van der Waals surface area contributed by atoms with E-state index in [1.54, 1.807) is 12.1 Å². The zero-order chi connectivity index (χ0) is 17.4. The van der Waals surface area contributed by atoms with Crippen molar-refractivity contribution in [3.05, 3.63) is 63.4 Å². The van der Waals surface area contributed by atoms with Crippen LogP contribution >= 0.6 is 11.3 Å². The molecule has 1 aromatic heterocycles. The summed E-state index contributed by atoms with van der Waals surface area (Å²) in [7, 11) is 0. The second-order valence-corrected chi connectivity index (χ2v) is 6.60. The molecule has 0 atom stereocenters. The summed E-state index contributed by atoms with van der Waals surface area (Å²) >= 11 is 0.958. The predicted molar refractivity (Wildman–Crippen MR) is 84.8 cm³/mol. The lowest BCUT2D eigenvalue weighted by molar-refractivity contribution is -0.136. The van der Waals surface area contributed by atoms with Crippen LogP contribution in [0.25, 0.3) is 10.2 Å². The van der Waals surface area contributed by atoms with Crippen LogP contribution in [0.3, 0.4) is 0 Å². The van der Waals surface area contributed by atoms with Crippen molar-refractivity contribution in [2.45, 2.75) is 19.8 Å². The Kier molecular flexibility index (Phi) is 4.28. The van der Waals surface area contributed by atoms with Gasteiger partial charge in [0.25, 0.3) is 0 Å². The Bertz CT molecular complexity index is 953. The number of benzene rings is 2. The first-order valence-electron chi connectivity index (χ1n) is 7.07. The SMILES string of the molecule is Cc1cc(CC(=O)O)cc(Cc2nc3c(F)c(F)cc(F)c3s2)c1. The highest BCUT2D eigenvalue weighted by atomic mass is 32.1. The third-order valence-electron chi connectivity index (χ3n) is 3.47. The lowest BCUT2D eigenvalue weighted by Crippen LogP contribution is -2.01. The summed E-state index contributed by atoms with van der Waals surface area (Å²) in [5, 5.41) is 9.32. The van der Waals surface area contributed by atoms with Crippen molar-refractivity contribution in [2.75, 3.05) is 0 Å². The number of halogens is 3. The van der Waals surface area contributed by atoms with Crippen LogP contribution < -0.4 is 0 Å². The maximum atomic E-state index is 13.7. The fourth-order valence-corrected chi connectivity index (χ4v) is 3.61. The largest absolute Gasteiger partial charge is 0.481 e. The Morgan fingerprint density at radius 3 is 2.54 bits per heavy atom. The average Bonchev–Trinajstić information content (AvgIpc) is 2.88. The molecule has 0 aliphatic heterocycles. The first kappa shape index (κ1) is 16.4. The Morgan fingerprint density at radius 2 is 1.83 bits per heavy atom. The molecular formula is C17H12F3NO2S. The molecule has 0 saturated carbocycles. The van der Waals surface area contributed by atoms with E-state index in [-0.39, 0.29) is 23.1 Å². The second kappa shape index (κ2) is 6.24. The molecule has 0 saturated heterocycles. The molecule has 0 fully saturated rings. The van der Waals surface area contributed by atoms with Gasteiger partial charge in [-0.05, 0) is 18.1 Å². The van der Waals surface area contributed by atoms with Crippen molar-refractivity contribution >= 4 is 27.5 Å². The summed E-state index contributed by atoms with van der Waals surface area (Å²) in [4.78, 5) is 14.8. The molecule has 7 heteroatoms. The van der Waals surface area contributed by atoms with Crippen LogP contribution in [0.4, 0.5) is 13.2 Å². The van der Waals surface area contributed by atoms with Gasteiger partial charge in [-0.2, -0.15) is 0 Å². The summed E-state index contributed by atoms with van der Waals surface area (Å²) in [6, 6.07) is 5.85. The number of rotatable bonds is 4. The van der Waals surface area contributed by atoms with Gasteiger partial charge in [0.2, 0.25) is 0 Å². The fraction of sp³-hybridized carbons (Fsp3) is 0.176. The van der Waals surface area contributed by atoms with Gasteiger partial charge in [0.15, 0.2) is 11.6 Å². The van der Waals surface area contributed by atoms with Gasteiger partial charge >= 0.3 is 5.97 Å². The van der Waals surface area contributed by atoms with E-state index in [0.29, 0.717) is 16.6 Å². The van der Waals surface area contributed by atoms with Crippen molar-refractivity contribution in [3.63, 3.8) is 0 Å². The summed E-state index contributed by atoms with van der Waals surface area (Å²) in [5.74, 6) is -4.21. The number of thiazole rings is 1. The molecule has 0 aliphatic rings. The number of carboxylic acid groups (broad SMARTS) is 1. The lowest BCUT2D eigenvalue weighted by Gasteiger charge is -2.05. The van der Waals surface area contributed by atoms with Gasteiger partial charge in [-0.15, -0.1) is 11.3 Å². The molecule has 0 radical (unpaired) electrons. The van der Waals surface area contributed by atoms with Crippen LogP contribution in [0.1, 0.15) is 21.7 Å². The first-order chi connectivity index (χ1) is 11.3. The highest BCUT2D eigenvalue weighted by Gasteiger charge is 2.17. The number of aliphatic carboxylic acids is 1. The fourth-order valence-electron chi connectivity index (χ4n) is 2.61. The predicted octanol–water partition coefficient (Wildman–Crippen LogP) is 4.24. The monoisotopic (exact) mass is 351 g/mol. The minimum Gasteiger partial charge on any atom is -0.481 e. The van der Waals surface area contributed by atoms with Crippen LogP contribution in [0.2, 0.25) is 0 Å². The van der Waals surface area contributed by atoms with Crippen LogP contribution in [-0.4, -0.2) is 16.1 Å². The van der Waals surface area contributed by atoms with Crippen molar-refractivity contribution in [2.24, 2.45) is 0 Å². The number of aromatic nitrogens is 1. The Morgan fingerprint density at radius 1 is 1.12 bits per heavy atom. The number of aryl methyl sites for hydroxylation is 1. The Balaban J connectivity index is 1.98. The maximum absolute atomic E-state index is 13.7. The molecule has 0 unspecified atom stereocenters. The van der Waals surface area contributed by atoms with E-state index in [0.717, 1.165) is 22.5 Å². The average molecular weight is 351 g/mol. The second-order valence-electron chi connectivity index (χ2n) is 5.51. The van der Waals surface area contributed by atoms with Gasteiger partial charge in [-0.1, -0.05) is 23.8 Å². The normalized spacial score (nSPS) is 11.2. The van der Waals surface area contributed by atoms with Gasteiger partial charge in [-0.25, -0.2) is 18.2 Å². The van der Waals surface area contributed by atoms with Gasteiger partial charge in [-0.3, -0.25) is 4.79 Å². The summed E-state index contributed by atoms with van der Waals surface area (Å²) in [5.41, 5.74) is 1.99. The van der Waals surface area contributed by atoms with Gasteiger partial charge < -0.3 is 5.11 Å². The van der Waals surface area contributed by atoms with Crippen molar-refractivity contribution < 1.29 is 23.1 Å². The molecule has 3 rings (SSSR count). The zero-order valence-electron chi connectivity index (χ0n) is 12.6. The van der Waals surface area contributed by atoms with Gasteiger partial charge in [0.05, 0.1) is 16.1 Å². The molecular weight excluding hydrogens is 339 g/mol.